The molecular formula is C7H7Li. The van der Waals surface area contributed by atoms with Gasteiger partial charge >= 0.3 is 58.7 Å². The molecule has 0 nitrogen and oxygen atoms in total. The van der Waals surface area contributed by atoms with Crippen molar-refractivity contribution in [1.82, 2.24) is 0 Å². The van der Waals surface area contributed by atoms with E-state index >= 15 is 0 Å². The Morgan fingerprint density at radius 2 is 1.75 bits per heavy atom. The van der Waals surface area contributed by atoms with Crippen LogP contribution in [0.25, 0.3) is 0 Å². The maximum atomic E-state index is 2.16. The van der Waals surface area contributed by atoms with Crippen molar-refractivity contribution in [3.63, 3.8) is 0 Å². The monoisotopic (exact) mass is 98.1 g/mol. The number of hydrogen-bond donors (Lipinski definition) is 0. The molecule has 1 heteroatoms. The van der Waals surface area contributed by atoms with Crippen molar-refractivity contribution >= 4 is 17.7 Å². The van der Waals surface area contributed by atoms with E-state index in [2.05, 4.69) is 42.0 Å². The zero-order chi connectivity index (χ0) is 5.82. The average molecular weight is 98.1 g/mol. The van der Waals surface area contributed by atoms with E-state index in [4.69, 9.17) is 0 Å². The fourth-order valence-electron chi connectivity index (χ4n) is 0.714. The van der Waals surface area contributed by atoms with Crippen LogP contribution in [0, 0.1) is 0 Å². The second-order valence-corrected chi connectivity index (χ2v) is 1.84. The van der Waals surface area contributed by atoms with Gasteiger partial charge in [-0.2, -0.15) is 0 Å². The Morgan fingerprint density at radius 3 is 2.12 bits per heavy atom. The normalized spacial score (nSPS) is 9.25. The first-order valence-corrected chi connectivity index (χ1v) is 2.97. The molecule has 36 valence electrons. The molecule has 0 fully saturated rings. The third-order valence-corrected chi connectivity index (χ3v) is 1.25. The molecule has 0 aliphatic rings. The van der Waals surface area contributed by atoms with Gasteiger partial charge in [0.15, 0.2) is 0 Å². The SMILES string of the molecule is [Li][CH2]c1ccccc1. The van der Waals surface area contributed by atoms with E-state index in [1.807, 2.05) is 6.07 Å². The summed E-state index contributed by atoms with van der Waals surface area (Å²) in [4.78, 5) is 0. The quantitative estimate of drug-likeness (QED) is 0.465. The van der Waals surface area contributed by atoms with E-state index in [1.165, 1.54) is 5.56 Å². The second kappa shape index (κ2) is 2.97. The van der Waals surface area contributed by atoms with Crippen LogP contribution in [-0.2, 0) is 5.09 Å². The zero-order valence-corrected chi connectivity index (χ0v) is 5.09. The van der Waals surface area contributed by atoms with Crippen molar-refractivity contribution < 1.29 is 0 Å². The summed E-state index contributed by atoms with van der Waals surface area (Å²) < 4.78 is 0. The van der Waals surface area contributed by atoms with Crippen molar-refractivity contribution in [2.45, 2.75) is 5.09 Å². The van der Waals surface area contributed by atoms with Gasteiger partial charge in [-0.05, 0) is 0 Å². The Labute approximate surface area is 59.1 Å². The molecule has 1 aromatic carbocycles. The summed E-state index contributed by atoms with van der Waals surface area (Å²) in [5.41, 5.74) is 1.41. The summed E-state index contributed by atoms with van der Waals surface area (Å²) in [5, 5.41) is 1.14. The van der Waals surface area contributed by atoms with E-state index in [0.29, 0.717) is 0 Å². The topological polar surface area (TPSA) is 0 Å². The molecule has 0 amide bonds. The minimum absolute atomic E-state index is 1.14. The molecule has 0 bridgehead atoms. The molecule has 0 saturated heterocycles. The maximum absolute atomic E-state index is 2.16. The molecule has 0 spiro atoms. The molecule has 8 heavy (non-hydrogen) atoms. The molecule has 0 aliphatic carbocycles. The third-order valence-electron chi connectivity index (χ3n) is 1.25. The van der Waals surface area contributed by atoms with Crippen LogP contribution in [0.2, 0.25) is 0 Å². The van der Waals surface area contributed by atoms with E-state index < -0.39 is 0 Å². The van der Waals surface area contributed by atoms with Gasteiger partial charge in [0, 0.05) is 0 Å². The standard InChI is InChI=1S/C7H7.Li/c1-7-5-3-2-4-6-7;/h2-6H,1H2;. The number of hydrogen-bond acceptors (Lipinski definition) is 0. The predicted octanol–water partition coefficient (Wildman–Crippen LogP) is 1.36. The van der Waals surface area contributed by atoms with Gasteiger partial charge in [0.2, 0.25) is 0 Å². The summed E-state index contributed by atoms with van der Waals surface area (Å²) in [6, 6.07) is 10.5. The minimum atomic E-state index is 1.14. The molecule has 0 heterocycles. The first-order valence-electron chi connectivity index (χ1n) is 2.97. The Bertz CT molecular complexity index is 146. The number of benzene rings is 1. The van der Waals surface area contributed by atoms with Gasteiger partial charge in [-0.15, -0.1) is 0 Å². The van der Waals surface area contributed by atoms with Crippen molar-refractivity contribution in [3.05, 3.63) is 35.9 Å². The fourth-order valence-corrected chi connectivity index (χ4v) is 0.714. The van der Waals surface area contributed by atoms with E-state index in [0.717, 1.165) is 5.09 Å². The van der Waals surface area contributed by atoms with Crippen LogP contribution in [0.3, 0.4) is 0 Å². The summed E-state index contributed by atoms with van der Waals surface area (Å²) in [7, 11) is 0. The Hall–Kier alpha value is -0.183. The summed E-state index contributed by atoms with van der Waals surface area (Å²) in [6.07, 6.45) is 0. The summed E-state index contributed by atoms with van der Waals surface area (Å²) in [6.45, 7) is 0. The van der Waals surface area contributed by atoms with Gasteiger partial charge in [0.25, 0.3) is 0 Å². The number of rotatable bonds is 1. The van der Waals surface area contributed by atoms with Gasteiger partial charge in [-0.1, -0.05) is 0 Å². The second-order valence-electron chi connectivity index (χ2n) is 1.84. The third kappa shape index (κ3) is 1.40. The predicted molar refractivity (Wildman–Crippen MR) is 35.9 cm³/mol. The van der Waals surface area contributed by atoms with Crippen LogP contribution in [0.4, 0.5) is 0 Å². The Morgan fingerprint density at radius 1 is 1.12 bits per heavy atom. The zero-order valence-electron chi connectivity index (χ0n) is 5.09. The van der Waals surface area contributed by atoms with Gasteiger partial charge in [0.05, 0.1) is 0 Å². The van der Waals surface area contributed by atoms with Gasteiger partial charge in [-0.3, -0.25) is 0 Å². The summed E-state index contributed by atoms with van der Waals surface area (Å²) in [5.74, 6) is 0. The van der Waals surface area contributed by atoms with Gasteiger partial charge in [0.1, 0.15) is 0 Å². The first kappa shape index (κ1) is 5.95. The molecule has 1 aromatic rings. The first-order chi connectivity index (χ1) is 3.93. The molecule has 0 N–H and O–H groups in total. The van der Waals surface area contributed by atoms with Crippen LogP contribution in [0.15, 0.2) is 30.3 Å². The van der Waals surface area contributed by atoms with E-state index in [9.17, 15) is 0 Å². The molecule has 0 radical (unpaired) electrons. The van der Waals surface area contributed by atoms with Crippen LogP contribution >= 0.6 is 0 Å². The molecule has 0 unspecified atom stereocenters. The van der Waals surface area contributed by atoms with Gasteiger partial charge in [-0.25, -0.2) is 0 Å². The van der Waals surface area contributed by atoms with Crippen LogP contribution in [0.5, 0.6) is 0 Å². The molecule has 0 aromatic heterocycles. The van der Waals surface area contributed by atoms with Crippen LogP contribution < -0.4 is 0 Å². The fraction of sp³-hybridized carbons (Fsp3) is 0.143. The van der Waals surface area contributed by atoms with E-state index in [-0.39, 0.29) is 0 Å². The van der Waals surface area contributed by atoms with Crippen molar-refractivity contribution in [3.8, 4) is 0 Å². The molecule has 0 aliphatic heterocycles. The van der Waals surface area contributed by atoms with Crippen LogP contribution in [0.1, 0.15) is 5.56 Å². The molecule has 1 rings (SSSR count). The molecule has 0 saturated carbocycles. The molecular weight excluding hydrogens is 91.0 g/mol. The summed E-state index contributed by atoms with van der Waals surface area (Å²) >= 11 is 2.16. The molecule has 0 atom stereocenters. The Balaban J connectivity index is 2.83. The Kier molecular flexibility index (Phi) is 2.21. The van der Waals surface area contributed by atoms with E-state index in [1.54, 1.807) is 0 Å². The van der Waals surface area contributed by atoms with Crippen molar-refractivity contribution in [2.24, 2.45) is 0 Å². The average Bonchev–Trinajstić information content (AvgIpc) is 1.90. The van der Waals surface area contributed by atoms with Crippen molar-refractivity contribution in [2.75, 3.05) is 0 Å². The van der Waals surface area contributed by atoms with Crippen LogP contribution in [-0.4, -0.2) is 17.7 Å². The van der Waals surface area contributed by atoms with Gasteiger partial charge < -0.3 is 0 Å². The van der Waals surface area contributed by atoms with Crippen molar-refractivity contribution in [1.29, 1.82) is 0 Å².